The largest absolute Gasteiger partial charge is 0.495 e. The monoisotopic (exact) mass is 346 g/mol. The van der Waals surface area contributed by atoms with Gasteiger partial charge in [0.05, 0.1) is 24.5 Å². The maximum absolute atomic E-state index is 12.3. The van der Waals surface area contributed by atoms with E-state index in [1.165, 1.54) is 25.5 Å². The molecular formula is C17H19ClN4O2. The van der Waals surface area contributed by atoms with Gasteiger partial charge in [-0.25, -0.2) is 9.97 Å². The Labute approximate surface area is 145 Å². The van der Waals surface area contributed by atoms with Crippen LogP contribution < -0.4 is 15.0 Å². The standard InChI is InChI=1S/C17H19ClN4O2/c1-24-15-6-5-12(9-13(15)18)21-17(23)14-10-20-16(11-19-14)22-7-3-2-4-8-22/h5-6,9-11H,2-4,7-8H2,1H3,(H,21,23). The zero-order chi connectivity index (χ0) is 16.9. The summed E-state index contributed by atoms with van der Waals surface area (Å²) in [5.74, 6) is 1.05. The van der Waals surface area contributed by atoms with E-state index in [1.54, 1.807) is 31.5 Å². The van der Waals surface area contributed by atoms with Crippen LogP contribution in [0.3, 0.4) is 0 Å². The summed E-state index contributed by atoms with van der Waals surface area (Å²) in [6.07, 6.45) is 6.75. The summed E-state index contributed by atoms with van der Waals surface area (Å²) >= 11 is 6.06. The Morgan fingerprint density at radius 1 is 1.21 bits per heavy atom. The van der Waals surface area contributed by atoms with Crippen LogP contribution in [0.5, 0.6) is 5.75 Å². The average Bonchev–Trinajstić information content (AvgIpc) is 2.63. The van der Waals surface area contributed by atoms with Gasteiger partial charge in [0.2, 0.25) is 0 Å². The number of benzene rings is 1. The molecule has 1 aromatic heterocycles. The van der Waals surface area contributed by atoms with E-state index in [4.69, 9.17) is 16.3 Å². The zero-order valence-electron chi connectivity index (χ0n) is 13.5. The highest BCUT2D eigenvalue weighted by Gasteiger charge is 2.14. The Hall–Kier alpha value is -2.34. The molecule has 7 heteroatoms. The molecular weight excluding hydrogens is 328 g/mol. The summed E-state index contributed by atoms with van der Waals surface area (Å²) in [5.41, 5.74) is 0.843. The van der Waals surface area contributed by atoms with Gasteiger partial charge in [-0.2, -0.15) is 0 Å². The Balaban J connectivity index is 1.67. The fourth-order valence-corrected chi connectivity index (χ4v) is 2.92. The van der Waals surface area contributed by atoms with E-state index < -0.39 is 0 Å². The number of carbonyl (C=O) groups excluding carboxylic acids is 1. The number of hydrogen-bond donors (Lipinski definition) is 1. The molecule has 0 spiro atoms. The quantitative estimate of drug-likeness (QED) is 0.919. The lowest BCUT2D eigenvalue weighted by molar-refractivity contribution is 0.102. The fraction of sp³-hybridized carbons (Fsp3) is 0.353. The van der Waals surface area contributed by atoms with Crippen molar-refractivity contribution >= 4 is 29.0 Å². The molecule has 0 aliphatic carbocycles. The van der Waals surface area contributed by atoms with Gasteiger partial charge < -0.3 is 15.0 Å². The van der Waals surface area contributed by atoms with Crippen molar-refractivity contribution in [3.63, 3.8) is 0 Å². The van der Waals surface area contributed by atoms with Crippen LogP contribution in [-0.2, 0) is 0 Å². The van der Waals surface area contributed by atoms with Gasteiger partial charge in [-0.3, -0.25) is 4.79 Å². The second-order valence-electron chi connectivity index (χ2n) is 5.61. The van der Waals surface area contributed by atoms with Gasteiger partial charge in [-0.1, -0.05) is 11.6 Å². The molecule has 1 aromatic carbocycles. The van der Waals surface area contributed by atoms with Crippen LogP contribution in [0.4, 0.5) is 11.5 Å². The molecule has 24 heavy (non-hydrogen) atoms. The third kappa shape index (κ3) is 3.76. The summed E-state index contributed by atoms with van der Waals surface area (Å²) in [6.45, 7) is 1.98. The van der Waals surface area contributed by atoms with Crippen molar-refractivity contribution in [1.82, 2.24) is 9.97 Å². The molecule has 1 saturated heterocycles. The third-order valence-corrected chi connectivity index (χ3v) is 4.26. The number of methoxy groups -OCH3 is 1. The summed E-state index contributed by atoms with van der Waals surface area (Å²) in [7, 11) is 1.54. The third-order valence-electron chi connectivity index (χ3n) is 3.96. The average molecular weight is 347 g/mol. The lowest BCUT2D eigenvalue weighted by Crippen LogP contribution is -2.30. The van der Waals surface area contributed by atoms with Gasteiger partial charge in [0.25, 0.3) is 5.91 Å². The SMILES string of the molecule is COc1ccc(NC(=O)c2cnc(N3CCCCC3)cn2)cc1Cl. The van der Waals surface area contributed by atoms with Crippen molar-refractivity contribution in [2.24, 2.45) is 0 Å². The molecule has 1 aliphatic heterocycles. The molecule has 0 atom stereocenters. The first-order valence-electron chi connectivity index (χ1n) is 7.89. The molecule has 0 radical (unpaired) electrons. The molecule has 1 fully saturated rings. The normalized spacial score (nSPS) is 14.3. The van der Waals surface area contributed by atoms with Crippen LogP contribution >= 0.6 is 11.6 Å². The van der Waals surface area contributed by atoms with Crippen molar-refractivity contribution < 1.29 is 9.53 Å². The van der Waals surface area contributed by atoms with Crippen LogP contribution in [0.1, 0.15) is 29.8 Å². The maximum Gasteiger partial charge on any atom is 0.275 e. The van der Waals surface area contributed by atoms with E-state index >= 15 is 0 Å². The Bertz CT molecular complexity index is 715. The molecule has 1 aliphatic rings. The van der Waals surface area contributed by atoms with Crippen LogP contribution in [0.2, 0.25) is 5.02 Å². The first kappa shape index (κ1) is 16.5. The van der Waals surface area contributed by atoms with Crippen molar-refractivity contribution in [3.8, 4) is 5.75 Å². The highest BCUT2D eigenvalue weighted by molar-refractivity contribution is 6.32. The van der Waals surface area contributed by atoms with Gasteiger partial charge in [0, 0.05) is 18.8 Å². The Kier molecular flexibility index (Phi) is 5.15. The summed E-state index contributed by atoms with van der Waals surface area (Å²) in [4.78, 5) is 23.1. The molecule has 0 unspecified atom stereocenters. The topological polar surface area (TPSA) is 67.3 Å². The number of aromatic nitrogens is 2. The van der Waals surface area contributed by atoms with Crippen LogP contribution in [0.25, 0.3) is 0 Å². The molecule has 0 saturated carbocycles. The highest BCUT2D eigenvalue weighted by atomic mass is 35.5. The summed E-state index contributed by atoms with van der Waals surface area (Å²) in [5, 5.41) is 3.19. The first-order chi connectivity index (χ1) is 11.7. The number of nitrogens with one attached hydrogen (secondary N) is 1. The van der Waals surface area contributed by atoms with Crippen molar-refractivity contribution in [1.29, 1.82) is 0 Å². The number of hydrogen-bond acceptors (Lipinski definition) is 5. The molecule has 1 N–H and O–H groups in total. The number of halogens is 1. The minimum Gasteiger partial charge on any atom is -0.495 e. The minimum atomic E-state index is -0.325. The number of anilines is 2. The van der Waals surface area contributed by atoms with E-state index in [-0.39, 0.29) is 11.6 Å². The number of rotatable bonds is 4. The van der Waals surface area contributed by atoms with Gasteiger partial charge >= 0.3 is 0 Å². The van der Waals surface area contributed by atoms with E-state index in [9.17, 15) is 4.79 Å². The zero-order valence-corrected chi connectivity index (χ0v) is 14.2. The van der Waals surface area contributed by atoms with Gasteiger partial charge in [0.15, 0.2) is 0 Å². The lowest BCUT2D eigenvalue weighted by atomic mass is 10.1. The van der Waals surface area contributed by atoms with Gasteiger partial charge in [0.1, 0.15) is 17.3 Å². The van der Waals surface area contributed by atoms with Crippen molar-refractivity contribution in [2.45, 2.75) is 19.3 Å². The van der Waals surface area contributed by atoms with Crippen LogP contribution in [0.15, 0.2) is 30.6 Å². The lowest BCUT2D eigenvalue weighted by Gasteiger charge is -2.27. The fourth-order valence-electron chi connectivity index (χ4n) is 2.66. The predicted octanol–water partition coefficient (Wildman–Crippen LogP) is 3.38. The number of nitrogens with zero attached hydrogens (tertiary/aromatic N) is 3. The Morgan fingerprint density at radius 3 is 2.62 bits per heavy atom. The van der Waals surface area contributed by atoms with Gasteiger partial charge in [-0.05, 0) is 37.5 Å². The van der Waals surface area contributed by atoms with Crippen molar-refractivity contribution in [3.05, 3.63) is 41.3 Å². The number of piperidine rings is 1. The van der Waals surface area contributed by atoms with E-state index in [1.807, 2.05) is 0 Å². The second kappa shape index (κ2) is 7.49. The van der Waals surface area contributed by atoms with E-state index in [2.05, 4.69) is 20.2 Å². The minimum absolute atomic E-state index is 0.266. The number of amides is 1. The molecule has 2 heterocycles. The molecule has 6 nitrogen and oxygen atoms in total. The number of carbonyl (C=O) groups is 1. The predicted molar refractivity (Wildman–Crippen MR) is 94.1 cm³/mol. The highest BCUT2D eigenvalue weighted by Crippen LogP contribution is 2.27. The van der Waals surface area contributed by atoms with Crippen molar-refractivity contribution in [2.75, 3.05) is 30.4 Å². The molecule has 0 bridgehead atoms. The van der Waals surface area contributed by atoms with E-state index in [0.717, 1.165) is 18.9 Å². The second-order valence-corrected chi connectivity index (χ2v) is 6.02. The number of ether oxygens (including phenoxy) is 1. The molecule has 1 amide bonds. The Morgan fingerprint density at radius 2 is 2.00 bits per heavy atom. The molecule has 3 rings (SSSR count). The summed E-state index contributed by atoms with van der Waals surface area (Å²) < 4.78 is 5.09. The summed E-state index contributed by atoms with van der Waals surface area (Å²) in [6, 6.07) is 5.05. The van der Waals surface area contributed by atoms with E-state index in [0.29, 0.717) is 16.5 Å². The van der Waals surface area contributed by atoms with Crippen LogP contribution in [0, 0.1) is 0 Å². The molecule has 126 valence electrons. The van der Waals surface area contributed by atoms with Gasteiger partial charge in [-0.15, -0.1) is 0 Å². The maximum atomic E-state index is 12.3. The molecule has 2 aromatic rings. The first-order valence-corrected chi connectivity index (χ1v) is 8.27. The smallest absolute Gasteiger partial charge is 0.275 e. The van der Waals surface area contributed by atoms with Crippen LogP contribution in [-0.4, -0.2) is 36.1 Å².